The van der Waals surface area contributed by atoms with Crippen molar-refractivity contribution in [3.8, 4) is 0 Å². The summed E-state index contributed by atoms with van der Waals surface area (Å²) >= 11 is 0. The van der Waals surface area contributed by atoms with E-state index < -0.39 is 53.6 Å². The van der Waals surface area contributed by atoms with Crippen LogP contribution in [-0.2, 0) is 27.7 Å². The van der Waals surface area contributed by atoms with Crippen molar-refractivity contribution in [1.82, 2.24) is 0 Å². The Morgan fingerprint density at radius 3 is 1.07 bits per heavy atom. The molecule has 0 saturated heterocycles. The van der Waals surface area contributed by atoms with Crippen LogP contribution in [0.5, 0.6) is 0 Å². The van der Waals surface area contributed by atoms with Gasteiger partial charge in [-0.25, -0.2) is 9.13 Å². The molecular weight excluding hydrogens is 790 g/mol. The van der Waals surface area contributed by atoms with Crippen LogP contribution in [0, 0.1) is 0 Å². The van der Waals surface area contributed by atoms with Crippen LogP contribution in [0.15, 0.2) is 36.5 Å². The van der Waals surface area contributed by atoms with Crippen LogP contribution in [0.3, 0.4) is 0 Å². The molecular formula is C42H84O14P2. The lowest BCUT2D eigenvalue weighted by atomic mass is 10.1. The number of phosphoric ester groups is 2. The van der Waals surface area contributed by atoms with Gasteiger partial charge in [-0.05, 0) is 83.5 Å². The quantitative estimate of drug-likeness (QED) is 0.0124. The third-order valence-electron chi connectivity index (χ3n) is 8.95. The summed E-state index contributed by atoms with van der Waals surface area (Å²) in [4.78, 5) is 34.1. The summed E-state index contributed by atoms with van der Waals surface area (Å²) in [7, 11) is -9.19. The van der Waals surface area contributed by atoms with Crippen LogP contribution in [0.25, 0.3) is 0 Å². The highest BCUT2D eigenvalue weighted by Crippen LogP contribution is 2.36. The minimum absolute atomic E-state index is 0.230. The molecule has 0 aromatic heterocycles. The molecule has 16 heteroatoms. The van der Waals surface area contributed by atoms with Crippen LogP contribution in [0.2, 0.25) is 0 Å². The van der Waals surface area contributed by atoms with E-state index in [0.717, 1.165) is 64.2 Å². The van der Waals surface area contributed by atoms with Crippen LogP contribution < -0.4 is 0 Å². The Bertz CT molecular complexity index is 1050. The van der Waals surface area contributed by atoms with Crippen LogP contribution in [0.1, 0.15) is 181 Å². The van der Waals surface area contributed by atoms with E-state index in [2.05, 4.69) is 59.4 Å². The molecule has 0 saturated carbocycles. The van der Waals surface area contributed by atoms with E-state index in [1.54, 1.807) is 0 Å². The summed E-state index contributed by atoms with van der Waals surface area (Å²) in [5.41, 5.74) is 0. The predicted molar refractivity (Wildman–Crippen MR) is 231 cm³/mol. The molecule has 0 spiro atoms. The van der Waals surface area contributed by atoms with Crippen molar-refractivity contribution in [2.75, 3.05) is 26.4 Å². The van der Waals surface area contributed by atoms with E-state index in [0.29, 0.717) is 12.8 Å². The standard InChI is InChI=1S/C21H43O7P.C21H41O7P/c2*1-2-3-4-5-6-7-8-9-10-11-12-13-14-15-16-17-21(23)27-18-20(22)19-28-29(24,25)26/h9-10,20-23H,2-8,11-19H2,1H3,(H2,24,25,26);6-7,9-10,20-23H,2-5,8,11-19H2,1H3,(H2,24,25,26)/b10-9-;7-6-,10-9-/t2*20-,21+/m11/s1. The molecule has 4 atom stereocenters. The van der Waals surface area contributed by atoms with E-state index in [1.807, 2.05) is 0 Å². The number of aliphatic hydroxyl groups excluding tert-OH is 4. The number of rotatable bonds is 41. The maximum absolute atomic E-state index is 10.5. The molecule has 0 aliphatic rings. The summed E-state index contributed by atoms with van der Waals surface area (Å²) < 4.78 is 39.4. The number of unbranched alkanes of at least 4 members (excludes halogenated alkanes) is 19. The highest BCUT2D eigenvalue weighted by Gasteiger charge is 2.19. The molecule has 0 aromatic carbocycles. The maximum atomic E-state index is 10.5. The Balaban J connectivity index is 0. The van der Waals surface area contributed by atoms with Crippen LogP contribution in [-0.4, -0.2) is 91.2 Å². The first kappa shape index (κ1) is 59.3. The van der Waals surface area contributed by atoms with Gasteiger partial charge in [-0.2, -0.15) is 0 Å². The summed E-state index contributed by atoms with van der Waals surface area (Å²) in [6.45, 7) is 2.92. The number of hydrogen-bond acceptors (Lipinski definition) is 10. The SMILES string of the molecule is CCCCC/C=C\C/C=C\CCCCCCC[C@@H](O)OC[C@@H](O)COP(=O)(O)O.CCCCCCCC/C=C\CCCCCCC[C@@H](O)OC[C@@H](O)COP(=O)(O)O. The molecule has 0 rings (SSSR count). The second-order valence-electron chi connectivity index (χ2n) is 14.8. The molecule has 0 bridgehead atoms. The minimum Gasteiger partial charge on any atom is -0.388 e. The number of allylic oxidation sites excluding steroid dienone is 6. The Kier molecular flexibility index (Phi) is 43.8. The summed E-state index contributed by atoms with van der Waals surface area (Å²) in [6, 6.07) is 0. The Morgan fingerprint density at radius 1 is 0.414 bits per heavy atom. The lowest BCUT2D eigenvalue weighted by Gasteiger charge is -2.15. The largest absolute Gasteiger partial charge is 0.469 e. The van der Waals surface area contributed by atoms with Gasteiger partial charge in [0.1, 0.15) is 12.2 Å². The fraction of sp³-hybridized carbons (Fsp3) is 0.857. The molecule has 0 heterocycles. The zero-order valence-electron chi connectivity index (χ0n) is 35.9. The molecule has 0 fully saturated rings. The molecule has 0 aliphatic carbocycles. The smallest absolute Gasteiger partial charge is 0.388 e. The monoisotopic (exact) mass is 875 g/mol. The van der Waals surface area contributed by atoms with Gasteiger partial charge in [-0.3, -0.25) is 9.05 Å². The predicted octanol–water partition coefficient (Wildman–Crippen LogP) is 9.43. The Hall–Kier alpha value is -0.800. The molecule has 0 unspecified atom stereocenters. The second kappa shape index (κ2) is 42.9. The fourth-order valence-corrected chi connectivity index (χ4v) is 6.33. The van der Waals surface area contributed by atoms with Gasteiger partial charge in [0.15, 0.2) is 12.6 Å². The number of hydrogen-bond donors (Lipinski definition) is 8. The third kappa shape index (κ3) is 53.2. The Morgan fingerprint density at radius 2 is 0.707 bits per heavy atom. The summed E-state index contributed by atoms with van der Waals surface area (Å²) in [5.74, 6) is 0. The lowest BCUT2D eigenvalue weighted by molar-refractivity contribution is -0.129. The summed E-state index contributed by atoms with van der Waals surface area (Å²) in [6.07, 6.45) is 38.4. The molecule has 58 heavy (non-hydrogen) atoms. The third-order valence-corrected chi connectivity index (χ3v) is 9.92. The van der Waals surface area contributed by atoms with Gasteiger partial charge < -0.3 is 49.5 Å². The topological polar surface area (TPSA) is 233 Å². The normalized spacial score (nSPS) is 14.7. The maximum Gasteiger partial charge on any atom is 0.469 e. The number of ether oxygens (including phenoxy) is 2. The molecule has 0 aliphatic heterocycles. The highest BCUT2D eigenvalue weighted by atomic mass is 31.2. The van der Waals surface area contributed by atoms with Crippen molar-refractivity contribution in [2.45, 2.75) is 206 Å². The molecule has 0 radical (unpaired) electrons. The lowest BCUT2D eigenvalue weighted by Crippen LogP contribution is -2.25. The molecule has 8 N–H and O–H groups in total. The van der Waals surface area contributed by atoms with Gasteiger partial charge in [-0.15, -0.1) is 0 Å². The van der Waals surface area contributed by atoms with Gasteiger partial charge in [0.25, 0.3) is 0 Å². The zero-order valence-corrected chi connectivity index (χ0v) is 37.7. The van der Waals surface area contributed by atoms with Gasteiger partial charge in [-0.1, -0.05) is 134 Å². The van der Waals surface area contributed by atoms with Gasteiger partial charge >= 0.3 is 15.6 Å². The summed E-state index contributed by atoms with van der Waals surface area (Å²) in [5, 5.41) is 38.3. The first-order valence-corrected chi connectivity index (χ1v) is 25.1. The van der Waals surface area contributed by atoms with Crippen molar-refractivity contribution >= 4 is 15.6 Å². The number of aliphatic hydroxyl groups is 4. The molecule has 14 nitrogen and oxygen atoms in total. The highest BCUT2D eigenvalue weighted by molar-refractivity contribution is 7.46. The van der Waals surface area contributed by atoms with Gasteiger partial charge in [0.05, 0.1) is 26.4 Å². The fourth-order valence-electron chi connectivity index (χ4n) is 5.59. The molecule has 0 amide bonds. The first-order chi connectivity index (χ1) is 27.7. The molecule has 346 valence electrons. The Labute approximate surface area is 351 Å². The van der Waals surface area contributed by atoms with E-state index in [-0.39, 0.29) is 13.2 Å². The zero-order chi connectivity index (χ0) is 43.6. The average molecular weight is 875 g/mol. The van der Waals surface area contributed by atoms with E-state index in [9.17, 15) is 29.6 Å². The van der Waals surface area contributed by atoms with Crippen molar-refractivity contribution in [3.05, 3.63) is 36.5 Å². The van der Waals surface area contributed by atoms with E-state index in [1.165, 1.54) is 89.9 Å². The van der Waals surface area contributed by atoms with Gasteiger partial charge in [0.2, 0.25) is 0 Å². The van der Waals surface area contributed by atoms with Crippen molar-refractivity contribution in [1.29, 1.82) is 0 Å². The first-order valence-electron chi connectivity index (χ1n) is 22.0. The second-order valence-corrected chi connectivity index (χ2v) is 17.3. The van der Waals surface area contributed by atoms with E-state index >= 15 is 0 Å². The van der Waals surface area contributed by atoms with Crippen LogP contribution >= 0.6 is 15.6 Å². The van der Waals surface area contributed by atoms with Crippen molar-refractivity contribution < 1.29 is 67.7 Å². The minimum atomic E-state index is -4.60. The van der Waals surface area contributed by atoms with Crippen molar-refractivity contribution in [2.24, 2.45) is 0 Å². The number of phosphoric acid groups is 2. The van der Waals surface area contributed by atoms with Gasteiger partial charge in [0, 0.05) is 0 Å². The van der Waals surface area contributed by atoms with Crippen molar-refractivity contribution in [3.63, 3.8) is 0 Å². The average Bonchev–Trinajstić information content (AvgIpc) is 3.17. The van der Waals surface area contributed by atoms with Crippen LogP contribution in [0.4, 0.5) is 0 Å². The van der Waals surface area contributed by atoms with E-state index in [4.69, 9.17) is 29.0 Å². The molecule has 0 aromatic rings.